The van der Waals surface area contributed by atoms with Gasteiger partial charge in [-0.15, -0.1) is 21.6 Å². The molecule has 2 heterocycles. The average Bonchev–Trinajstić information content (AvgIpc) is 2.97. The number of aromatic hydroxyl groups is 1. The van der Waals surface area contributed by atoms with Crippen molar-refractivity contribution in [3.05, 3.63) is 35.3 Å². The van der Waals surface area contributed by atoms with Crippen molar-refractivity contribution in [3.8, 4) is 5.75 Å². The van der Waals surface area contributed by atoms with Crippen molar-refractivity contribution >= 4 is 43.6 Å². The van der Waals surface area contributed by atoms with Crippen LogP contribution in [0.25, 0.3) is 10.1 Å². The molecule has 0 saturated carbocycles. The Morgan fingerprint density at radius 2 is 2.11 bits per heavy atom. The third kappa shape index (κ3) is 2.00. The third-order valence-corrected chi connectivity index (χ3v) is 4.15. The summed E-state index contributed by atoms with van der Waals surface area (Å²) in [5.41, 5.74) is 0.773. The van der Waals surface area contributed by atoms with Crippen LogP contribution >= 0.6 is 22.9 Å². The van der Waals surface area contributed by atoms with Gasteiger partial charge in [-0.1, -0.05) is 0 Å². The predicted octanol–water partition coefficient (Wildman–Crippen LogP) is 4.79. The molecule has 6 heteroatoms. The first-order valence-corrected chi connectivity index (χ1v) is 6.87. The van der Waals surface area contributed by atoms with Crippen LogP contribution in [0, 0.1) is 6.92 Å². The van der Waals surface area contributed by atoms with Crippen LogP contribution in [-0.4, -0.2) is 9.48 Å². The molecule has 0 aliphatic carbocycles. The van der Waals surface area contributed by atoms with Crippen LogP contribution in [0.2, 0.25) is 0 Å². The Hall–Kier alpha value is -1.79. The molecular weight excluding hydrogens is 266 g/mol. The Bertz CT molecular complexity index is 716. The van der Waals surface area contributed by atoms with Gasteiger partial charge in [0.1, 0.15) is 11.4 Å². The van der Waals surface area contributed by atoms with Gasteiger partial charge in [0.05, 0.1) is 4.70 Å². The lowest BCUT2D eigenvalue weighted by atomic mass is 10.2. The summed E-state index contributed by atoms with van der Waals surface area (Å²) in [7, 11) is 0. The quantitative estimate of drug-likeness (QED) is 0.684. The molecule has 1 N–H and O–H groups in total. The van der Waals surface area contributed by atoms with E-state index in [-0.39, 0.29) is 5.75 Å². The second-order valence-electron chi connectivity index (χ2n) is 3.75. The van der Waals surface area contributed by atoms with Crippen LogP contribution in [0.3, 0.4) is 0 Å². The summed E-state index contributed by atoms with van der Waals surface area (Å²) in [4.78, 5) is 1.14. The minimum atomic E-state index is 0.283. The number of thiophene rings is 1. The number of benzene rings is 1. The topological polar surface area (TPSA) is 57.8 Å². The van der Waals surface area contributed by atoms with Crippen LogP contribution in [0.15, 0.2) is 40.7 Å². The van der Waals surface area contributed by atoms with Crippen molar-refractivity contribution in [2.75, 3.05) is 0 Å². The summed E-state index contributed by atoms with van der Waals surface area (Å²) in [5, 5.41) is 19.7. The summed E-state index contributed by atoms with van der Waals surface area (Å²) >= 11 is 2.90. The summed E-state index contributed by atoms with van der Waals surface area (Å²) in [6.07, 6.45) is 1.70. The molecule has 2 aromatic heterocycles. The second kappa shape index (κ2) is 4.47. The molecule has 0 aliphatic heterocycles. The van der Waals surface area contributed by atoms with E-state index < -0.39 is 0 Å². The molecule has 0 spiro atoms. The maximum absolute atomic E-state index is 9.79. The number of hydrogen-bond acceptors (Lipinski definition) is 6. The van der Waals surface area contributed by atoms with Gasteiger partial charge in [-0.2, -0.15) is 4.37 Å². The van der Waals surface area contributed by atoms with E-state index in [0.29, 0.717) is 0 Å². The average molecular weight is 275 g/mol. The zero-order chi connectivity index (χ0) is 12.5. The monoisotopic (exact) mass is 275 g/mol. The number of fused-ring (bicyclic) bond motifs is 1. The molecule has 0 radical (unpaired) electrons. The van der Waals surface area contributed by atoms with Gasteiger partial charge in [0.15, 0.2) is 5.00 Å². The molecule has 0 aliphatic rings. The highest BCUT2D eigenvalue weighted by Gasteiger charge is 2.08. The molecule has 0 fully saturated rings. The van der Waals surface area contributed by atoms with E-state index in [0.717, 1.165) is 25.7 Å². The fourth-order valence-electron chi connectivity index (χ4n) is 1.66. The van der Waals surface area contributed by atoms with Gasteiger partial charge in [0, 0.05) is 16.5 Å². The molecule has 18 heavy (non-hydrogen) atoms. The van der Waals surface area contributed by atoms with E-state index >= 15 is 0 Å². The minimum absolute atomic E-state index is 0.283. The van der Waals surface area contributed by atoms with Gasteiger partial charge in [-0.3, -0.25) is 0 Å². The first kappa shape index (κ1) is 11.3. The van der Waals surface area contributed by atoms with Gasteiger partial charge in [-0.05, 0) is 42.7 Å². The van der Waals surface area contributed by atoms with Crippen molar-refractivity contribution in [1.82, 2.24) is 4.37 Å². The maximum Gasteiger partial charge on any atom is 0.158 e. The first-order chi connectivity index (χ1) is 8.74. The Kier molecular flexibility index (Phi) is 2.81. The highest BCUT2D eigenvalue weighted by molar-refractivity contribution is 7.19. The van der Waals surface area contributed by atoms with Crippen LogP contribution < -0.4 is 0 Å². The molecule has 1 aromatic carbocycles. The lowest BCUT2D eigenvalue weighted by Crippen LogP contribution is -1.68. The van der Waals surface area contributed by atoms with Gasteiger partial charge in [-0.25, -0.2) is 0 Å². The molecule has 4 nitrogen and oxygen atoms in total. The second-order valence-corrected chi connectivity index (χ2v) is 5.82. The van der Waals surface area contributed by atoms with Crippen molar-refractivity contribution in [1.29, 1.82) is 0 Å². The lowest BCUT2D eigenvalue weighted by Gasteiger charge is -1.97. The summed E-state index contributed by atoms with van der Waals surface area (Å²) in [6.45, 7) is 2.01. The van der Waals surface area contributed by atoms with Crippen molar-refractivity contribution < 1.29 is 5.11 Å². The van der Waals surface area contributed by atoms with Gasteiger partial charge < -0.3 is 5.11 Å². The number of azo groups is 1. The molecule has 3 rings (SSSR count). The van der Waals surface area contributed by atoms with Crippen LogP contribution in [-0.2, 0) is 0 Å². The highest BCUT2D eigenvalue weighted by Crippen LogP contribution is 2.39. The molecular formula is C12H9N3OS2. The molecule has 0 saturated heterocycles. The van der Waals surface area contributed by atoms with Crippen molar-refractivity contribution in [3.63, 3.8) is 0 Å². The molecule has 0 atom stereocenters. The number of nitrogens with zero attached hydrogens (tertiary/aromatic N) is 3. The minimum Gasteiger partial charge on any atom is -0.507 e. The maximum atomic E-state index is 9.79. The number of rotatable bonds is 2. The fourth-order valence-corrected chi connectivity index (χ4v) is 3.08. The zero-order valence-corrected chi connectivity index (χ0v) is 11.1. The Morgan fingerprint density at radius 3 is 2.89 bits per heavy atom. The molecule has 0 unspecified atom stereocenters. The van der Waals surface area contributed by atoms with Crippen LogP contribution in [0.4, 0.5) is 10.7 Å². The molecule has 0 amide bonds. The van der Waals surface area contributed by atoms with Crippen LogP contribution in [0.5, 0.6) is 5.75 Å². The van der Waals surface area contributed by atoms with Crippen molar-refractivity contribution in [2.24, 2.45) is 10.2 Å². The van der Waals surface area contributed by atoms with E-state index in [4.69, 9.17) is 0 Å². The number of aryl methyl sites for hydroxylation is 1. The Labute approximate surface area is 111 Å². The SMILES string of the molecule is Cc1cc2c(O)ccc(/N=N/c3ccns3)c2s1. The van der Waals surface area contributed by atoms with E-state index in [1.54, 1.807) is 29.7 Å². The number of aromatic nitrogens is 1. The summed E-state index contributed by atoms with van der Waals surface area (Å²) < 4.78 is 4.92. The lowest BCUT2D eigenvalue weighted by molar-refractivity contribution is 0.482. The smallest absolute Gasteiger partial charge is 0.158 e. The van der Waals surface area contributed by atoms with E-state index in [9.17, 15) is 5.11 Å². The number of phenolic OH excluding ortho intramolecular Hbond substituents is 1. The zero-order valence-electron chi connectivity index (χ0n) is 9.49. The standard InChI is InChI=1S/C12H9N3OS2/c1-7-6-8-10(16)3-2-9(12(8)17-7)14-15-11-4-5-13-18-11/h2-6,16H,1H3/b15-14+. The normalized spacial score (nSPS) is 11.6. The van der Waals surface area contributed by atoms with Crippen molar-refractivity contribution in [2.45, 2.75) is 6.92 Å². The van der Waals surface area contributed by atoms with Gasteiger partial charge >= 0.3 is 0 Å². The summed E-state index contributed by atoms with van der Waals surface area (Å²) in [6, 6.07) is 7.19. The van der Waals surface area contributed by atoms with Gasteiger partial charge in [0.2, 0.25) is 0 Å². The third-order valence-electron chi connectivity index (χ3n) is 2.44. The van der Waals surface area contributed by atoms with E-state index in [2.05, 4.69) is 14.6 Å². The van der Waals surface area contributed by atoms with Crippen LogP contribution in [0.1, 0.15) is 4.88 Å². The first-order valence-electron chi connectivity index (χ1n) is 5.28. The molecule has 0 bridgehead atoms. The summed E-state index contributed by atoms with van der Waals surface area (Å²) in [5.74, 6) is 0.283. The Balaban J connectivity index is 2.09. The number of phenols is 1. The largest absolute Gasteiger partial charge is 0.507 e. The van der Waals surface area contributed by atoms with Gasteiger partial charge in [0.25, 0.3) is 0 Å². The molecule has 3 aromatic rings. The van der Waals surface area contributed by atoms with E-state index in [1.165, 1.54) is 11.5 Å². The fraction of sp³-hybridized carbons (Fsp3) is 0.0833. The predicted molar refractivity (Wildman–Crippen MR) is 74.5 cm³/mol. The highest BCUT2D eigenvalue weighted by atomic mass is 32.1. The Morgan fingerprint density at radius 1 is 1.22 bits per heavy atom. The molecule has 90 valence electrons. The van der Waals surface area contributed by atoms with E-state index in [1.807, 2.05) is 19.1 Å². The number of hydrogen-bond donors (Lipinski definition) is 1.